The minimum atomic E-state index is -1.03. The zero-order valence-corrected chi connectivity index (χ0v) is 14.7. The summed E-state index contributed by atoms with van der Waals surface area (Å²) in [4.78, 5) is 0. The van der Waals surface area contributed by atoms with Gasteiger partial charge < -0.3 is 24.8 Å². The Morgan fingerprint density at radius 2 is 1.48 bits per heavy atom. The van der Waals surface area contributed by atoms with Gasteiger partial charge in [-0.2, -0.15) is 0 Å². The molecule has 0 bridgehead atoms. The van der Waals surface area contributed by atoms with Crippen molar-refractivity contribution >= 4 is 0 Å². The zero-order chi connectivity index (χ0) is 16.9. The second-order valence-electron chi connectivity index (χ2n) is 6.63. The van der Waals surface area contributed by atoms with Crippen molar-refractivity contribution in [2.75, 3.05) is 13.2 Å². The Hall–Kier alpha value is -0.200. The molecule has 1 fully saturated rings. The van der Waals surface area contributed by atoms with Crippen LogP contribution in [0.3, 0.4) is 0 Å². The highest BCUT2D eigenvalue weighted by Crippen LogP contribution is 2.21. The van der Waals surface area contributed by atoms with Gasteiger partial charge in [0, 0.05) is 13.0 Å². The molecule has 0 saturated carbocycles. The number of ether oxygens (including phenoxy) is 2. The highest BCUT2D eigenvalue weighted by Gasteiger charge is 2.36. The fourth-order valence-electron chi connectivity index (χ4n) is 2.98. The molecule has 1 aliphatic heterocycles. The number of hydrogen-bond acceptors (Lipinski definition) is 5. The fraction of sp³-hybridized carbons (Fsp3) is 1.00. The van der Waals surface area contributed by atoms with Crippen LogP contribution in [-0.4, -0.2) is 53.1 Å². The summed E-state index contributed by atoms with van der Waals surface area (Å²) in [5.41, 5.74) is 0. The molecule has 0 aromatic heterocycles. The molecule has 4 atom stereocenters. The highest BCUT2D eigenvalue weighted by molar-refractivity contribution is 4.82. The van der Waals surface area contributed by atoms with Crippen molar-refractivity contribution in [3.8, 4) is 0 Å². The van der Waals surface area contributed by atoms with Crippen LogP contribution in [0.5, 0.6) is 0 Å². The maximum atomic E-state index is 9.71. The summed E-state index contributed by atoms with van der Waals surface area (Å²) in [6.07, 6.45) is 9.83. The Morgan fingerprint density at radius 1 is 0.913 bits per heavy atom. The molecule has 1 saturated heterocycles. The van der Waals surface area contributed by atoms with Crippen LogP contribution in [0, 0.1) is 0 Å². The van der Waals surface area contributed by atoms with E-state index in [0.29, 0.717) is 6.61 Å². The lowest BCUT2D eigenvalue weighted by Gasteiger charge is -2.36. The molecule has 0 unspecified atom stereocenters. The standard InChI is InChI=1S/C18H36O5/c1-2-3-4-5-6-7-8-9-10-11-12-22-17-13-15(20)18(21)16(14-19)23-17/h15-21H,2-14H2,1H3/t15-,16-,17+,18+/m1/s1. The molecule has 0 aliphatic carbocycles. The van der Waals surface area contributed by atoms with Gasteiger partial charge in [0.25, 0.3) is 0 Å². The van der Waals surface area contributed by atoms with Crippen molar-refractivity contribution in [1.29, 1.82) is 0 Å². The molecule has 0 amide bonds. The topological polar surface area (TPSA) is 79.2 Å². The van der Waals surface area contributed by atoms with Crippen molar-refractivity contribution < 1.29 is 24.8 Å². The van der Waals surface area contributed by atoms with E-state index in [2.05, 4.69) is 6.92 Å². The highest BCUT2D eigenvalue weighted by atomic mass is 16.7. The monoisotopic (exact) mass is 332 g/mol. The summed E-state index contributed by atoms with van der Waals surface area (Å²) in [6.45, 7) is 2.53. The van der Waals surface area contributed by atoms with Gasteiger partial charge in [-0.25, -0.2) is 0 Å². The average molecular weight is 332 g/mol. The molecule has 1 rings (SSSR count). The largest absolute Gasteiger partial charge is 0.394 e. The number of unbranched alkanes of at least 4 members (excludes halogenated alkanes) is 9. The first-order valence-electron chi connectivity index (χ1n) is 9.43. The first kappa shape index (κ1) is 20.8. The molecule has 5 nitrogen and oxygen atoms in total. The number of hydrogen-bond donors (Lipinski definition) is 3. The van der Waals surface area contributed by atoms with E-state index in [1.807, 2.05) is 0 Å². The molecule has 23 heavy (non-hydrogen) atoms. The SMILES string of the molecule is CCCCCCCCCCCCO[C@@H]1C[C@@H](O)[C@H](O)[C@@H](CO)O1. The summed E-state index contributed by atoms with van der Waals surface area (Å²) in [5, 5.41) is 28.4. The average Bonchev–Trinajstić information content (AvgIpc) is 2.55. The summed E-state index contributed by atoms with van der Waals surface area (Å²) >= 11 is 0. The van der Waals surface area contributed by atoms with Gasteiger partial charge in [0.15, 0.2) is 6.29 Å². The van der Waals surface area contributed by atoms with Gasteiger partial charge in [0.05, 0.1) is 12.7 Å². The van der Waals surface area contributed by atoms with E-state index in [1.165, 1.54) is 51.4 Å². The Kier molecular flexibility index (Phi) is 11.9. The molecular formula is C18H36O5. The Morgan fingerprint density at radius 3 is 2.04 bits per heavy atom. The summed E-state index contributed by atoms with van der Waals surface area (Å²) < 4.78 is 11.0. The van der Waals surface area contributed by atoms with Crippen molar-refractivity contribution in [1.82, 2.24) is 0 Å². The Balaban J connectivity index is 1.93. The summed E-state index contributed by atoms with van der Waals surface area (Å²) in [6, 6.07) is 0. The quantitative estimate of drug-likeness (QED) is 0.452. The van der Waals surface area contributed by atoms with Crippen LogP contribution in [0.1, 0.15) is 77.6 Å². The number of aliphatic hydroxyl groups excluding tert-OH is 3. The molecule has 1 heterocycles. The number of aliphatic hydroxyl groups is 3. The van der Waals surface area contributed by atoms with Crippen molar-refractivity contribution in [2.24, 2.45) is 0 Å². The summed E-state index contributed by atoms with van der Waals surface area (Å²) in [7, 11) is 0. The van der Waals surface area contributed by atoms with Gasteiger partial charge in [-0.1, -0.05) is 64.7 Å². The van der Waals surface area contributed by atoms with Gasteiger partial charge in [0.1, 0.15) is 12.2 Å². The van der Waals surface area contributed by atoms with Gasteiger partial charge in [-0.3, -0.25) is 0 Å². The van der Waals surface area contributed by atoms with Gasteiger partial charge in [0.2, 0.25) is 0 Å². The lowest BCUT2D eigenvalue weighted by Crippen LogP contribution is -2.50. The molecular weight excluding hydrogens is 296 g/mol. The third kappa shape index (κ3) is 9.01. The third-order valence-electron chi connectivity index (χ3n) is 4.52. The van der Waals surface area contributed by atoms with Gasteiger partial charge in [-0.15, -0.1) is 0 Å². The van der Waals surface area contributed by atoms with Crippen LogP contribution in [0.2, 0.25) is 0 Å². The Labute approximate surface area is 141 Å². The van der Waals surface area contributed by atoms with Crippen LogP contribution in [0.25, 0.3) is 0 Å². The normalized spacial score (nSPS) is 28.2. The second kappa shape index (κ2) is 13.1. The maximum absolute atomic E-state index is 9.71. The minimum Gasteiger partial charge on any atom is -0.394 e. The maximum Gasteiger partial charge on any atom is 0.160 e. The molecule has 5 heteroatoms. The number of rotatable bonds is 13. The van der Waals surface area contributed by atoms with E-state index in [-0.39, 0.29) is 13.0 Å². The van der Waals surface area contributed by atoms with E-state index >= 15 is 0 Å². The molecule has 0 spiro atoms. The van der Waals surface area contributed by atoms with Crippen LogP contribution < -0.4 is 0 Å². The van der Waals surface area contributed by atoms with E-state index < -0.39 is 24.6 Å². The molecule has 138 valence electrons. The van der Waals surface area contributed by atoms with Crippen LogP contribution in [-0.2, 0) is 9.47 Å². The molecule has 0 aromatic carbocycles. The van der Waals surface area contributed by atoms with Crippen LogP contribution in [0.15, 0.2) is 0 Å². The van der Waals surface area contributed by atoms with Crippen LogP contribution in [0.4, 0.5) is 0 Å². The van der Waals surface area contributed by atoms with E-state index in [0.717, 1.165) is 12.8 Å². The van der Waals surface area contributed by atoms with Gasteiger partial charge in [-0.05, 0) is 6.42 Å². The first-order valence-corrected chi connectivity index (χ1v) is 9.43. The molecule has 0 radical (unpaired) electrons. The van der Waals surface area contributed by atoms with Crippen molar-refractivity contribution in [3.63, 3.8) is 0 Å². The first-order chi connectivity index (χ1) is 11.2. The molecule has 1 aliphatic rings. The predicted octanol–water partition coefficient (Wildman–Crippen LogP) is 2.75. The zero-order valence-electron chi connectivity index (χ0n) is 14.7. The minimum absolute atomic E-state index is 0.259. The Bertz CT molecular complexity index is 274. The lowest BCUT2D eigenvalue weighted by atomic mass is 10.0. The summed E-state index contributed by atoms with van der Waals surface area (Å²) in [5.74, 6) is 0. The molecule has 3 N–H and O–H groups in total. The van der Waals surface area contributed by atoms with Crippen molar-refractivity contribution in [3.05, 3.63) is 0 Å². The van der Waals surface area contributed by atoms with E-state index in [1.54, 1.807) is 0 Å². The molecule has 0 aromatic rings. The lowest BCUT2D eigenvalue weighted by molar-refractivity contribution is -0.256. The third-order valence-corrected chi connectivity index (χ3v) is 4.52. The van der Waals surface area contributed by atoms with E-state index in [9.17, 15) is 10.2 Å². The smallest absolute Gasteiger partial charge is 0.160 e. The second-order valence-corrected chi connectivity index (χ2v) is 6.63. The van der Waals surface area contributed by atoms with E-state index in [4.69, 9.17) is 14.6 Å². The van der Waals surface area contributed by atoms with Crippen LogP contribution >= 0.6 is 0 Å². The predicted molar refractivity (Wildman–Crippen MR) is 90.2 cm³/mol. The van der Waals surface area contributed by atoms with Crippen molar-refractivity contribution in [2.45, 2.75) is 102 Å². The van der Waals surface area contributed by atoms with Gasteiger partial charge >= 0.3 is 0 Å². The fourth-order valence-corrected chi connectivity index (χ4v) is 2.98.